The monoisotopic (exact) mass is 424 g/mol. The number of aliphatic hydroxyl groups excluding tert-OH is 1. The Morgan fingerprint density at radius 1 is 1.23 bits per heavy atom. The summed E-state index contributed by atoms with van der Waals surface area (Å²) in [6.45, 7) is 6.07. The van der Waals surface area contributed by atoms with Gasteiger partial charge < -0.3 is 30.7 Å². The minimum atomic E-state index is -0.389. The zero-order chi connectivity index (χ0) is 21.9. The summed E-state index contributed by atoms with van der Waals surface area (Å²) in [6.07, 6.45) is 1.20. The number of carbonyl (C=O) groups excluding carboxylic acids is 3. The zero-order valence-electron chi connectivity index (χ0n) is 17.6. The second-order valence-corrected chi connectivity index (χ2v) is 7.15. The Morgan fingerprint density at radius 3 is 2.57 bits per heavy atom. The van der Waals surface area contributed by atoms with Crippen molar-refractivity contribution in [2.24, 2.45) is 11.8 Å². The van der Waals surface area contributed by atoms with E-state index in [1.165, 1.54) is 6.07 Å². The highest BCUT2D eigenvalue weighted by Crippen LogP contribution is 2.17. The number of hydrogen-bond acceptors (Lipinski definition) is 6. The average molecular weight is 425 g/mol. The fourth-order valence-electron chi connectivity index (χ4n) is 3.18. The van der Waals surface area contributed by atoms with Gasteiger partial charge >= 0.3 is 6.03 Å². The van der Waals surface area contributed by atoms with Crippen molar-refractivity contribution in [3.8, 4) is 5.88 Å². The fraction of sp³-hybridized carbons (Fsp3) is 0.684. The number of aliphatic hydroxyl groups is 1. The summed E-state index contributed by atoms with van der Waals surface area (Å²) in [6, 6.07) is 1.40. The van der Waals surface area contributed by atoms with Crippen LogP contribution in [-0.4, -0.2) is 84.0 Å². The lowest BCUT2D eigenvalue weighted by Crippen LogP contribution is -2.47. The predicted molar refractivity (Wildman–Crippen MR) is 109 cm³/mol. The highest BCUT2D eigenvalue weighted by atomic mass is 16.5. The molecule has 0 radical (unpaired) electrons. The van der Waals surface area contributed by atoms with Crippen LogP contribution in [-0.2, 0) is 4.79 Å². The first-order valence-electron chi connectivity index (χ1n) is 10.4. The molecule has 11 nitrogen and oxygen atoms in total. The number of hydrogen-bond donors (Lipinski definition) is 5. The van der Waals surface area contributed by atoms with Gasteiger partial charge in [0.05, 0.1) is 6.61 Å². The topological polar surface area (TPSA) is 149 Å². The van der Waals surface area contributed by atoms with Crippen molar-refractivity contribution in [1.29, 1.82) is 0 Å². The lowest BCUT2D eigenvalue weighted by atomic mass is 9.96. The van der Waals surface area contributed by atoms with Crippen LogP contribution >= 0.6 is 0 Å². The number of H-pyrrole nitrogens is 1. The predicted octanol–water partition coefficient (Wildman–Crippen LogP) is -0.296. The van der Waals surface area contributed by atoms with Gasteiger partial charge in [-0.2, -0.15) is 5.10 Å². The number of carbonyl (C=O) groups is 3. The van der Waals surface area contributed by atoms with Gasteiger partial charge in [0, 0.05) is 57.2 Å². The van der Waals surface area contributed by atoms with Crippen LogP contribution in [0.25, 0.3) is 0 Å². The molecule has 2 heterocycles. The van der Waals surface area contributed by atoms with E-state index in [-0.39, 0.29) is 55.1 Å². The first kappa shape index (κ1) is 23.5. The van der Waals surface area contributed by atoms with E-state index in [0.29, 0.717) is 45.0 Å². The molecule has 0 aromatic carbocycles. The Balaban J connectivity index is 1.71. The van der Waals surface area contributed by atoms with Crippen LogP contribution in [0.15, 0.2) is 6.07 Å². The molecule has 1 aliphatic heterocycles. The van der Waals surface area contributed by atoms with Gasteiger partial charge in [-0.25, -0.2) is 9.89 Å². The SMILES string of the molecule is CCNC(=O)N1CCC(C(=O)NCC(CO)CNC(=O)c2cc(OCC)[nH]n2)CC1. The molecular formula is C19H32N6O5. The molecule has 1 atom stereocenters. The van der Waals surface area contributed by atoms with Crippen LogP contribution < -0.4 is 20.7 Å². The van der Waals surface area contributed by atoms with E-state index in [1.807, 2.05) is 13.8 Å². The molecule has 0 bridgehead atoms. The van der Waals surface area contributed by atoms with Gasteiger partial charge in [0.25, 0.3) is 5.91 Å². The van der Waals surface area contributed by atoms with Crippen molar-refractivity contribution in [3.63, 3.8) is 0 Å². The second-order valence-electron chi connectivity index (χ2n) is 7.15. The molecule has 11 heteroatoms. The molecule has 1 aromatic heterocycles. The standard InChI is InChI=1S/C19H32N6O5/c1-3-20-19(29)25-7-5-14(6-8-25)17(27)21-10-13(12-26)11-22-18(28)15-9-16(24-23-15)30-4-2/h9,13-14,26H,3-8,10-12H2,1-2H3,(H,20,29)(H,21,27)(H,22,28)(H,23,24). The number of amides is 4. The third-order valence-electron chi connectivity index (χ3n) is 4.94. The maximum Gasteiger partial charge on any atom is 0.317 e. The van der Waals surface area contributed by atoms with Gasteiger partial charge in [0.15, 0.2) is 5.69 Å². The number of nitrogens with one attached hydrogen (secondary N) is 4. The number of nitrogens with zero attached hydrogens (tertiary/aromatic N) is 2. The van der Waals surface area contributed by atoms with Crippen molar-refractivity contribution < 1.29 is 24.2 Å². The summed E-state index contributed by atoms with van der Waals surface area (Å²) < 4.78 is 5.23. The molecule has 1 unspecified atom stereocenters. The Kier molecular flexibility index (Phi) is 9.39. The summed E-state index contributed by atoms with van der Waals surface area (Å²) >= 11 is 0. The number of aromatic amines is 1. The quantitative estimate of drug-likeness (QED) is 0.348. The van der Waals surface area contributed by atoms with Gasteiger partial charge in [-0.1, -0.05) is 0 Å². The third-order valence-corrected chi connectivity index (χ3v) is 4.94. The van der Waals surface area contributed by atoms with Crippen molar-refractivity contribution >= 4 is 17.8 Å². The minimum Gasteiger partial charge on any atom is -0.478 e. The van der Waals surface area contributed by atoms with E-state index in [0.717, 1.165) is 0 Å². The highest BCUT2D eigenvalue weighted by Gasteiger charge is 2.27. The maximum absolute atomic E-state index is 12.4. The van der Waals surface area contributed by atoms with E-state index >= 15 is 0 Å². The molecule has 1 fully saturated rings. The Morgan fingerprint density at radius 2 is 1.93 bits per heavy atom. The summed E-state index contributed by atoms with van der Waals surface area (Å²) in [5, 5.41) is 24.4. The van der Waals surface area contributed by atoms with Gasteiger partial charge in [-0.05, 0) is 26.7 Å². The van der Waals surface area contributed by atoms with Crippen LogP contribution in [0.3, 0.4) is 0 Å². The van der Waals surface area contributed by atoms with Crippen LogP contribution in [0, 0.1) is 11.8 Å². The molecule has 168 valence electrons. The van der Waals surface area contributed by atoms with E-state index < -0.39 is 0 Å². The summed E-state index contributed by atoms with van der Waals surface area (Å²) in [5.74, 6) is -0.556. The molecule has 0 aliphatic carbocycles. The van der Waals surface area contributed by atoms with Crippen molar-refractivity contribution in [3.05, 3.63) is 11.8 Å². The Bertz CT molecular complexity index is 701. The number of aromatic nitrogens is 2. The lowest BCUT2D eigenvalue weighted by molar-refractivity contribution is -0.126. The molecule has 4 amide bonds. The van der Waals surface area contributed by atoms with Crippen molar-refractivity contribution in [2.75, 3.05) is 45.9 Å². The minimum absolute atomic E-state index is 0.0935. The number of urea groups is 1. The average Bonchev–Trinajstić information content (AvgIpc) is 3.23. The Hall–Kier alpha value is -2.82. The van der Waals surface area contributed by atoms with Gasteiger partial charge in [0.2, 0.25) is 11.8 Å². The van der Waals surface area contributed by atoms with Crippen LogP contribution in [0.5, 0.6) is 5.88 Å². The maximum atomic E-state index is 12.4. The van der Waals surface area contributed by atoms with Gasteiger partial charge in [-0.3, -0.25) is 9.59 Å². The van der Waals surface area contributed by atoms with Gasteiger partial charge in [-0.15, -0.1) is 0 Å². The molecule has 0 saturated carbocycles. The molecular weight excluding hydrogens is 392 g/mol. The van der Waals surface area contributed by atoms with Crippen molar-refractivity contribution in [1.82, 2.24) is 31.0 Å². The second kappa shape index (κ2) is 12.0. The van der Waals surface area contributed by atoms with Gasteiger partial charge in [0.1, 0.15) is 0 Å². The first-order valence-corrected chi connectivity index (χ1v) is 10.4. The normalized spacial score (nSPS) is 15.4. The Labute approximate surface area is 175 Å². The summed E-state index contributed by atoms with van der Waals surface area (Å²) in [7, 11) is 0. The molecule has 30 heavy (non-hydrogen) atoms. The number of rotatable bonds is 10. The highest BCUT2D eigenvalue weighted by molar-refractivity contribution is 5.92. The zero-order valence-corrected chi connectivity index (χ0v) is 17.6. The molecule has 1 saturated heterocycles. The molecule has 5 N–H and O–H groups in total. The first-order chi connectivity index (χ1) is 14.5. The third kappa shape index (κ3) is 6.90. The number of ether oxygens (including phenoxy) is 1. The fourth-order valence-corrected chi connectivity index (χ4v) is 3.18. The largest absolute Gasteiger partial charge is 0.478 e. The van der Waals surface area contributed by atoms with Crippen LogP contribution in [0.4, 0.5) is 4.79 Å². The molecule has 2 rings (SSSR count). The lowest BCUT2D eigenvalue weighted by Gasteiger charge is -2.31. The van der Waals surface area contributed by atoms with E-state index in [2.05, 4.69) is 26.1 Å². The van der Waals surface area contributed by atoms with Crippen LogP contribution in [0.1, 0.15) is 37.2 Å². The van der Waals surface area contributed by atoms with Crippen LogP contribution in [0.2, 0.25) is 0 Å². The smallest absolute Gasteiger partial charge is 0.317 e. The number of likely N-dealkylation sites (tertiary alicyclic amines) is 1. The summed E-state index contributed by atoms with van der Waals surface area (Å²) in [5.41, 5.74) is 0.193. The van der Waals surface area contributed by atoms with E-state index in [1.54, 1.807) is 4.90 Å². The number of piperidine rings is 1. The molecule has 0 spiro atoms. The van der Waals surface area contributed by atoms with Crippen molar-refractivity contribution in [2.45, 2.75) is 26.7 Å². The molecule has 1 aromatic rings. The summed E-state index contributed by atoms with van der Waals surface area (Å²) in [4.78, 5) is 38.1. The molecule has 1 aliphatic rings. The van der Waals surface area contributed by atoms with E-state index in [4.69, 9.17) is 4.74 Å². The van der Waals surface area contributed by atoms with E-state index in [9.17, 15) is 19.5 Å².